The molecule has 0 saturated heterocycles. The van der Waals surface area contributed by atoms with Gasteiger partial charge in [0.25, 0.3) is 5.91 Å². The number of nitrogens with one attached hydrogen (secondary N) is 1. The highest BCUT2D eigenvalue weighted by Crippen LogP contribution is 2.15. The van der Waals surface area contributed by atoms with Gasteiger partial charge in [0.15, 0.2) is 6.10 Å². The first kappa shape index (κ1) is 22.0. The van der Waals surface area contributed by atoms with Gasteiger partial charge >= 0.3 is 12.2 Å². The molecule has 1 heterocycles. The van der Waals surface area contributed by atoms with Crippen LogP contribution in [0.2, 0.25) is 0 Å². The van der Waals surface area contributed by atoms with Crippen LogP contribution >= 0.6 is 0 Å². The average molecular weight is 400 g/mol. The quantitative estimate of drug-likeness (QED) is 0.266. The van der Waals surface area contributed by atoms with E-state index < -0.39 is 35.9 Å². The number of hydrogen-bond donors (Lipinski definition) is 2. The topological polar surface area (TPSA) is 134 Å². The van der Waals surface area contributed by atoms with Gasteiger partial charge in [-0.15, -0.1) is 0 Å². The van der Waals surface area contributed by atoms with Crippen LogP contribution in [0.3, 0.4) is 0 Å². The molecular formula is C20H24N4O5. The first-order valence-corrected chi connectivity index (χ1v) is 9.25. The predicted octanol–water partition coefficient (Wildman–Crippen LogP) is 1.09. The van der Waals surface area contributed by atoms with Gasteiger partial charge in [-0.1, -0.05) is 18.2 Å². The number of para-hydroxylation sites is 1. The minimum Gasteiger partial charge on any atom is -0.461 e. The molecule has 1 amide bonds. The molecule has 0 aliphatic heterocycles. The van der Waals surface area contributed by atoms with Gasteiger partial charge in [0, 0.05) is 18.1 Å². The maximum atomic E-state index is 12.4. The van der Waals surface area contributed by atoms with Crippen LogP contribution in [0.1, 0.15) is 26.7 Å². The lowest BCUT2D eigenvalue weighted by molar-refractivity contribution is -0.152. The Bertz CT molecular complexity index is 930. The Morgan fingerprint density at radius 1 is 1.28 bits per heavy atom. The van der Waals surface area contributed by atoms with Crippen molar-refractivity contribution in [1.82, 2.24) is 9.88 Å². The van der Waals surface area contributed by atoms with E-state index in [0.717, 1.165) is 17.1 Å². The van der Waals surface area contributed by atoms with E-state index in [0.29, 0.717) is 0 Å². The normalized spacial score (nSPS) is 12.8. The largest absolute Gasteiger partial charge is 0.461 e. The minimum absolute atomic E-state index is 0.00138. The molecule has 29 heavy (non-hydrogen) atoms. The highest BCUT2D eigenvalue weighted by Gasteiger charge is 2.27. The Balaban J connectivity index is 2.05. The zero-order valence-electron chi connectivity index (χ0n) is 16.3. The molecule has 0 spiro atoms. The van der Waals surface area contributed by atoms with Gasteiger partial charge < -0.3 is 25.3 Å². The molecular weight excluding hydrogens is 376 g/mol. The van der Waals surface area contributed by atoms with Crippen molar-refractivity contribution >= 4 is 34.8 Å². The number of carbonyl (C=O) groups is 3. The van der Waals surface area contributed by atoms with Gasteiger partial charge in [0.2, 0.25) is 5.78 Å². The van der Waals surface area contributed by atoms with Gasteiger partial charge in [-0.05, 0) is 37.8 Å². The van der Waals surface area contributed by atoms with Crippen molar-refractivity contribution in [2.45, 2.75) is 51.5 Å². The number of aliphatic hydroxyl groups excluding tert-OH is 1. The van der Waals surface area contributed by atoms with Crippen LogP contribution in [-0.4, -0.2) is 56.6 Å². The van der Waals surface area contributed by atoms with Crippen LogP contribution in [0.4, 0.5) is 0 Å². The van der Waals surface area contributed by atoms with E-state index in [-0.39, 0.29) is 19.4 Å². The monoisotopic (exact) mass is 400 g/mol. The Kier molecular flexibility index (Phi) is 7.82. The summed E-state index contributed by atoms with van der Waals surface area (Å²) in [6, 6.07) is 8.30. The number of ketones is 1. The van der Waals surface area contributed by atoms with Gasteiger partial charge in [0.1, 0.15) is 6.04 Å². The number of benzene rings is 1. The molecule has 9 heteroatoms. The number of ether oxygens (including phenoxy) is 1. The summed E-state index contributed by atoms with van der Waals surface area (Å²) in [6.07, 6.45) is 0.474. The number of esters is 1. The lowest BCUT2D eigenvalue weighted by Crippen LogP contribution is -2.47. The fourth-order valence-electron chi connectivity index (χ4n) is 2.82. The number of amides is 1. The third kappa shape index (κ3) is 6.38. The molecule has 2 atom stereocenters. The van der Waals surface area contributed by atoms with Crippen molar-refractivity contribution in [2.24, 2.45) is 0 Å². The predicted molar refractivity (Wildman–Crippen MR) is 105 cm³/mol. The van der Waals surface area contributed by atoms with Crippen LogP contribution in [0.25, 0.3) is 16.4 Å². The lowest BCUT2D eigenvalue weighted by atomic mass is 10.1. The number of aliphatic hydroxyl groups is 1. The summed E-state index contributed by atoms with van der Waals surface area (Å²) in [4.78, 5) is 38.9. The number of nitrogens with zero attached hydrogens (tertiary/aromatic N) is 3. The van der Waals surface area contributed by atoms with Gasteiger partial charge in [0.05, 0.1) is 12.6 Å². The second kappa shape index (κ2) is 10.3. The van der Waals surface area contributed by atoms with Crippen molar-refractivity contribution < 1.29 is 29.0 Å². The molecule has 2 aromatic rings. The molecule has 0 saturated carbocycles. The minimum atomic E-state index is -1.41. The van der Waals surface area contributed by atoms with Crippen molar-refractivity contribution in [2.75, 3.05) is 0 Å². The molecule has 9 nitrogen and oxygen atoms in total. The van der Waals surface area contributed by atoms with Crippen molar-refractivity contribution in [3.05, 3.63) is 42.1 Å². The highest BCUT2D eigenvalue weighted by molar-refractivity contribution is 6.25. The second-order valence-electron chi connectivity index (χ2n) is 6.84. The lowest BCUT2D eigenvalue weighted by Gasteiger charge is -2.20. The van der Waals surface area contributed by atoms with Crippen LogP contribution in [-0.2, 0) is 25.7 Å². The Morgan fingerprint density at radius 3 is 2.69 bits per heavy atom. The number of carbonyl (C=O) groups excluding carboxylic acids is 3. The molecule has 0 fully saturated rings. The zero-order chi connectivity index (χ0) is 21.4. The number of rotatable bonds is 10. The summed E-state index contributed by atoms with van der Waals surface area (Å²) in [5, 5.41) is 13.7. The molecule has 2 rings (SSSR count). The highest BCUT2D eigenvalue weighted by atomic mass is 16.5. The van der Waals surface area contributed by atoms with Crippen LogP contribution in [0, 0.1) is 0 Å². The molecule has 1 aromatic carbocycles. The molecule has 1 aromatic heterocycles. The van der Waals surface area contributed by atoms with Gasteiger partial charge in [-0.25, -0.2) is 4.79 Å². The standard InChI is InChI=1S/C20H24N4O5/c1-13(2)29-20(28)16(8-7-15(25)11-22-21)23-19(27)18(26)12-24-10-9-14-5-3-4-6-17(14)24/h3-6,9-11,13,16,18,26H,7-8,12H2,1-2H3,(H,23,27)/t16-,18-/m0/s1. The summed E-state index contributed by atoms with van der Waals surface area (Å²) in [6.45, 7) is 3.32. The maximum absolute atomic E-state index is 12.4. The third-order valence-electron chi connectivity index (χ3n) is 4.19. The first-order valence-electron chi connectivity index (χ1n) is 9.25. The van der Waals surface area contributed by atoms with E-state index in [1.54, 1.807) is 24.6 Å². The second-order valence-corrected chi connectivity index (χ2v) is 6.84. The van der Waals surface area contributed by atoms with Crippen molar-refractivity contribution in [1.29, 1.82) is 0 Å². The summed E-state index contributed by atoms with van der Waals surface area (Å²) in [7, 11) is 0. The fraction of sp³-hybridized carbons (Fsp3) is 0.400. The van der Waals surface area contributed by atoms with Crippen LogP contribution in [0.5, 0.6) is 0 Å². The Hall–Kier alpha value is -3.29. The van der Waals surface area contributed by atoms with Gasteiger partial charge in [-0.2, -0.15) is 4.79 Å². The molecule has 0 radical (unpaired) electrons. The number of hydrogen-bond acceptors (Lipinski definition) is 5. The van der Waals surface area contributed by atoms with Crippen LogP contribution in [0.15, 0.2) is 36.5 Å². The van der Waals surface area contributed by atoms with Crippen LogP contribution < -0.4 is 5.32 Å². The fourth-order valence-corrected chi connectivity index (χ4v) is 2.82. The van der Waals surface area contributed by atoms with Gasteiger partial charge in [-0.3, -0.25) is 9.59 Å². The van der Waals surface area contributed by atoms with Crippen molar-refractivity contribution in [3.63, 3.8) is 0 Å². The first-order chi connectivity index (χ1) is 13.8. The SMILES string of the molecule is CC(C)OC(=O)[C@H](CCC(=O)C=[N+]=[N-])NC(=O)[C@@H](O)Cn1ccc2ccccc21. The molecule has 154 valence electrons. The summed E-state index contributed by atoms with van der Waals surface area (Å²) < 4.78 is 6.85. The third-order valence-corrected chi connectivity index (χ3v) is 4.19. The summed E-state index contributed by atoms with van der Waals surface area (Å²) >= 11 is 0. The molecule has 0 unspecified atom stereocenters. The molecule has 2 N–H and O–H groups in total. The van der Waals surface area contributed by atoms with E-state index >= 15 is 0 Å². The summed E-state index contributed by atoms with van der Waals surface area (Å²) in [5.41, 5.74) is 9.26. The average Bonchev–Trinajstić information content (AvgIpc) is 3.07. The number of Topliss-reactive ketones (excluding diaryl/α,β-unsaturated/α-hetero) is 1. The van der Waals surface area contributed by atoms with E-state index in [1.165, 1.54) is 0 Å². The number of aromatic nitrogens is 1. The van der Waals surface area contributed by atoms with E-state index in [2.05, 4.69) is 10.1 Å². The van der Waals surface area contributed by atoms with E-state index in [1.807, 2.05) is 30.3 Å². The summed E-state index contributed by atoms with van der Waals surface area (Å²) in [5.74, 6) is -1.97. The van der Waals surface area contributed by atoms with E-state index in [4.69, 9.17) is 10.3 Å². The van der Waals surface area contributed by atoms with E-state index in [9.17, 15) is 19.5 Å². The molecule has 0 bridgehead atoms. The Morgan fingerprint density at radius 2 is 2.00 bits per heavy atom. The smallest absolute Gasteiger partial charge is 0.328 e. The molecule has 0 aliphatic carbocycles. The zero-order valence-corrected chi connectivity index (χ0v) is 16.3. The maximum Gasteiger partial charge on any atom is 0.328 e. The number of fused-ring (bicyclic) bond motifs is 1. The molecule has 0 aliphatic rings. The van der Waals surface area contributed by atoms with Crippen molar-refractivity contribution in [3.8, 4) is 0 Å². The Labute approximate surface area is 167 Å².